The Hall–Kier alpha value is -2.17. The minimum atomic E-state index is -0.208. The number of carbonyl (C=O) groups is 1. The number of allylic oxidation sites excluding steroid dienone is 3. The lowest BCUT2D eigenvalue weighted by Gasteiger charge is -2.31. The van der Waals surface area contributed by atoms with Crippen molar-refractivity contribution in [2.45, 2.75) is 51.6 Å². The van der Waals surface area contributed by atoms with Crippen LogP contribution in [0, 0.1) is 10.8 Å². The van der Waals surface area contributed by atoms with Crippen LogP contribution in [0.4, 0.5) is 0 Å². The largest absolute Gasteiger partial charge is 0.463 e. The molecule has 2 saturated carbocycles. The third kappa shape index (κ3) is 2.40. The second-order valence-corrected chi connectivity index (χ2v) is 7.91. The highest BCUT2D eigenvalue weighted by molar-refractivity contribution is 6.14. The first-order valence-electron chi connectivity index (χ1n) is 9.32. The Labute approximate surface area is 147 Å². The van der Waals surface area contributed by atoms with Gasteiger partial charge in [0, 0.05) is 22.0 Å². The van der Waals surface area contributed by atoms with Gasteiger partial charge in [0.2, 0.25) is 0 Å². The summed E-state index contributed by atoms with van der Waals surface area (Å²) >= 11 is 0. The van der Waals surface area contributed by atoms with Gasteiger partial charge in [0.1, 0.15) is 17.8 Å². The van der Waals surface area contributed by atoms with Gasteiger partial charge in [0.05, 0.1) is 6.61 Å². The van der Waals surface area contributed by atoms with Gasteiger partial charge in [-0.25, -0.2) is 14.8 Å². The van der Waals surface area contributed by atoms with Gasteiger partial charge in [-0.05, 0) is 45.4 Å². The van der Waals surface area contributed by atoms with Crippen LogP contribution in [0.15, 0.2) is 45.4 Å². The quantitative estimate of drug-likeness (QED) is 0.788. The van der Waals surface area contributed by atoms with Crippen molar-refractivity contribution < 1.29 is 9.53 Å². The Morgan fingerprint density at radius 1 is 1.28 bits per heavy atom. The van der Waals surface area contributed by atoms with E-state index >= 15 is 0 Å². The molecule has 5 rings (SSSR count). The van der Waals surface area contributed by atoms with E-state index in [0.717, 1.165) is 42.1 Å². The van der Waals surface area contributed by atoms with Gasteiger partial charge in [-0.15, -0.1) is 0 Å². The molecule has 5 heteroatoms. The molecule has 25 heavy (non-hydrogen) atoms. The highest BCUT2D eigenvalue weighted by Crippen LogP contribution is 2.57. The van der Waals surface area contributed by atoms with Gasteiger partial charge in [-0.1, -0.05) is 24.3 Å². The predicted molar refractivity (Wildman–Crippen MR) is 96.3 cm³/mol. The molecule has 0 aromatic heterocycles. The Balaban J connectivity index is 1.62. The number of hydrogen-bond acceptors (Lipinski definition) is 5. The maximum absolute atomic E-state index is 12.4. The number of carbonyl (C=O) groups excluding carboxylic acids is 1. The molecular weight excluding hydrogens is 314 g/mol. The molecule has 0 amide bonds. The summed E-state index contributed by atoms with van der Waals surface area (Å²) in [6, 6.07) is 0. The van der Waals surface area contributed by atoms with Gasteiger partial charge in [0.25, 0.3) is 0 Å². The molecule has 1 atom stereocenters. The average molecular weight is 337 g/mol. The van der Waals surface area contributed by atoms with Crippen molar-refractivity contribution in [3.8, 4) is 0 Å². The summed E-state index contributed by atoms with van der Waals surface area (Å²) in [5.41, 5.74) is 1.95. The van der Waals surface area contributed by atoms with Crippen molar-refractivity contribution in [1.82, 2.24) is 5.32 Å². The number of nitrogens with one attached hydrogen (secondary N) is 1. The zero-order valence-electron chi connectivity index (χ0n) is 14.5. The van der Waals surface area contributed by atoms with Gasteiger partial charge < -0.3 is 10.1 Å². The van der Waals surface area contributed by atoms with E-state index in [-0.39, 0.29) is 23.0 Å². The van der Waals surface area contributed by atoms with Crippen LogP contribution in [0.2, 0.25) is 0 Å². The molecule has 5 aliphatic rings. The molecule has 1 unspecified atom stereocenters. The van der Waals surface area contributed by atoms with Crippen LogP contribution >= 0.6 is 0 Å². The Morgan fingerprint density at radius 3 is 2.84 bits per heavy atom. The van der Waals surface area contributed by atoms with Gasteiger partial charge in [-0.3, -0.25) is 0 Å². The van der Waals surface area contributed by atoms with E-state index in [9.17, 15) is 4.79 Å². The van der Waals surface area contributed by atoms with Crippen LogP contribution < -0.4 is 5.32 Å². The fraction of sp³-hybridized carbons (Fsp3) is 0.550. The molecule has 0 aromatic rings. The van der Waals surface area contributed by atoms with Crippen molar-refractivity contribution in [1.29, 1.82) is 0 Å². The number of amidine groups is 2. The topological polar surface area (TPSA) is 63.0 Å². The van der Waals surface area contributed by atoms with Gasteiger partial charge >= 0.3 is 5.97 Å². The zero-order chi connectivity index (χ0) is 17.1. The van der Waals surface area contributed by atoms with E-state index < -0.39 is 0 Å². The van der Waals surface area contributed by atoms with Crippen LogP contribution in [0.5, 0.6) is 0 Å². The first kappa shape index (κ1) is 15.1. The third-order valence-electron chi connectivity index (χ3n) is 6.16. The molecule has 5 nitrogen and oxygen atoms in total. The molecule has 1 N–H and O–H groups in total. The number of aliphatic imine (C=N–C) groups is 2. The van der Waals surface area contributed by atoms with Crippen molar-refractivity contribution in [3.05, 3.63) is 35.5 Å². The minimum absolute atomic E-state index is 0.0144. The Kier molecular flexibility index (Phi) is 3.12. The highest BCUT2D eigenvalue weighted by Gasteiger charge is 2.55. The van der Waals surface area contributed by atoms with Crippen LogP contribution in [-0.2, 0) is 9.53 Å². The monoisotopic (exact) mass is 337 g/mol. The Bertz CT molecular complexity index is 792. The van der Waals surface area contributed by atoms with Crippen molar-refractivity contribution in [3.63, 3.8) is 0 Å². The lowest BCUT2D eigenvalue weighted by molar-refractivity contribution is -0.138. The molecule has 2 spiro atoms. The van der Waals surface area contributed by atoms with Crippen molar-refractivity contribution in [2.24, 2.45) is 20.8 Å². The molecule has 3 aliphatic heterocycles. The summed E-state index contributed by atoms with van der Waals surface area (Å²) in [5, 5.41) is 3.50. The van der Waals surface area contributed by atoms with Gasteiger partial charge in [0.15, 0.2) is 0 Å². The molecule has 0 radical (unpaired) electrons. The van der Waals surface area contributed by atoms with Crippen LogP contribution in [-0.4, -0.2) is 30.4 Å². The molecule has 3 bridgehead atoms. The van der Waals surface area contributed by atoms with Crippen LogP contribution in [0.1, 0.15) is 45.4 Å². The molecule has 130 valence electrons. The fourth-order valence-corrected chi connectivity index (χ4v) is 4.13. The van der Waals surface area contributed by atoms with E-state index in [1.807, 2.05) is 19.1 Å². The second kappa shape index (κ2) is 5.16. The predicted octanol–water partition coefficient (Wildman–Crippen LogP) is 3.05. The van der Waals surface area contributed by atoms with Crippen LogP contribution in [0.3, 0.4) is 0 Å². The van der Waals surface area contributed by atoms with E-state index in [1.165, 1.54) is 12.8 Å². The highest BCUT2D eigenvalue weighted by atomic mass is 16.5. The molecule has 2 aliphatic carbocycles. The number of fused-ring (bicyclic) bond motifs is 4. The van der Waals surface area contributed by atoms with Crippen LogP contribution in [0.25, 0.3) is 0 Å². The van der Waals surface area contributed by atoms with Crippen molar-refractivity contribution >= 4 is 17.6 Å². The van der Waals surface area contributed by atoms with E-state index in [0.29, 0.717) is 13.0 Å². The molecule has 3 heterocycles. The number of nitrogens with zero attached hydrogens (tertiary/aromatic N) is 2. The molecule has 0 aromatic carbocycles. The first-order chi connectivity index (χ1) is 12.1. The smallest absolute Gasteiger partial charge is 0.334 e. The molecule has 0 saturated heterocycles. The summed E-state index contributed by atoms with van der Waals surface area (Å²) < 4.78 is 5.28. The summed E-state index contributed by atoms with van der Waals surface area (Å²) in [7, 11) is 0. The third-order valence-corrected chi connectivity index (χ3v) is 6.16. The summed E-state index contributed by atoms with van der Waals surface area (Å²) in [5.74, 6) is 1.81. The standard InChI is InChI=1S/C20H23N3O2/c1-2-25-16(24)14-6-5-13-4-3-7-19(8-9-19)17-21-15(13)22-18(23-17)20(12-14)10-11-20/h3-6,18H,2,7-12H2,1H3,(H,21,22,23)/b4-3-,13-5-,14-6+. The number of hydrogen-bond donors (Lipinski definition) is 1. The van der Waals surface area contributed by atoms with E-state index in [4.69, 9.17) is 14.7 Å². The maximum Gasteiger partial charge on any atom is 0.334 e. The lowest BCUT2D eigenvalue weighted by atomic mass is 9.92. The lowest BCUT2D eigenvalue weighted by Crippen LogP contribution is -2.44. The first-order valence-corrected chi connectivity index (χ1v) is 9.32. The molecule has 2 fully saturated rings. The number of ether oxygens (including phenoxy) is 1. The van der Waals surface area contributed by atoms with E-state index in [1.54, 1.807) is 0 Å². The normalized spacial score (nSPS) is 35.2. The number of esters is 1. The second-order valence-electron chi connectivity index (χ2n) is 7.91. The maximum atomic E-state index is 12.4. The van der Waals surface area contributed by atoms with E-state index in [2.05, 4.69) is 17.5 Å². The zero-order valence-corrected chi connectivity index (χ0v) is 14.5. The SMILES string of the molecule is CCOC(=O)/C1=C/C=C2/C=C\CC3(CC3)C3=NC(N=C2N3)C2(CC2)C1. The Morgan fingerprint density at radius 2 is 2.12 bits per heavy atom. The summed E-state index contributed by atoms with van der Waals surface area (Å²) in [6.07, 6.45) is 14.5. The van der Waals surface area contributed by atoms with Gasteiger partial charge in [-0.2, -0.15) is 0 Å². The molecular formula is C20H23N3O2. The summed E-state index contributed by atoms with van der Waals surface area (Å²) in [4.78, 5) is 22.4. The summed E-state index contributed by atoms with van der Waals surface area (Å²) in [6.45, 7) is 2.25. The van der Waals surface area contributed by atoms with Crippen molar-refractivity contribution in [2.75, 3.05) is 6.61 Å². The minimum Gasteiger partial charge on any atom is -0.463 e. The average Bonchev–Trinajstić information content (AvgIpc) is 3.51. The number of rotatable bonds is 2. The fourth-order valence-electron chi connectivity index (χ4n) is 4.13.